The van der Waals surface area contributed by atoms with Gasteiger partial charge in [-0.25, -0.2) is 5.32 Å². The summed E-state index contributed by atoms with van der Waals surface area (Å²) in [5.41, 5.74) is 0. The minimum absolute atomic E-state index is 0.470. The Balaban J connectivity index is 2.33. The van der Waals surface area contributed by atoms with Crippen LogP contribution < -0.4 is 5.32 Å². The normalized spacial score (nSPS) is 27.8. The van der Waals surface area contributed by atoms with Crippen molar-refractivity contribution in [3.8, 4) is 0 Å². The molecule has 1 saturated heterocycles. The predicted molar refractivity (Wildman–Crippen MR) is 35.5 cm³/mol. The van der Waals surface area contributed by atoms with Gasteiger partial charge in [-0.3, -0.25) is 0 Å². The highest BCUT2D eigenvalue weighted by Crippen LogP contribution is 2.30. The van der Waals surface area contributed by atoms with Crippen molar-refractivity contribution in [1.82, 2.24) is 5.32 Å². The van der Waals surface area contributed by atoms with Crippen LogP contribution in [0.3, 0.4) is 0 Å². The summed E-state index contributed by atoms with van der Waals surface area (Å²) in [7, 11) is 0. The molecule has 0 aliphatic carbocycles. The van der Waals surface area contributed by atoms with E-state index in [4.69, 9.17) is 23.2 Å². The van der Waals surface area contributed by atoms with Crippen LogP contribution in [0.5, 0.6) is 0 Å². The molecule has 0 aromatic rings. The van der Waals surface area contributed by atoms with Crippen LogP contribution in [0.25, 0.3) is 0 Å². The van der Waals surface area contributed by atoms with Crippen LogP contribution in [0.15, 0.2) is 0 Å². The maximum absolute atomic E-state index is 5.78. The van der Waals surface area contributed by atoms with Crippen LogP contribution in [-0.2, 0) is 0 Å². The second-order valence-electron chi connectivity index (χ2n) is 2.03. The van der Waals surface area contributed by atoms with Crippen molar-refractivity contribution in [1.29, 1.82) is 0 Å². The molecule has 0 bridgehead atoms. The second-order valence-corrected chi connectivity index (χ2v) is 3.67. The molecule has 0 unspecified atom stereocenters. The molecule has 1 rings (SSSR count). The number of nitrogens with zero attached hydrogens (tertiary/aromatic N) is 1. The van der Waals surface area contributed by atoms with E-state index >= 15 is 0 Å². The lowest BCUT2D eigenvalue weighted by molar-refractivity contribution is 0.487. The highest BCUT2D eigenvalue weighted by atomic mass is 35.5. The standard InChI is InChI=1S/C5H8Cl2N/c6-5(7)1-3-8-4-2-5/h1-4H2. The molecule has 0 aromatic carbocycles. The van der Waals surface area contributed by atoms with Gasteiger partial charge in [0.05, 0.1) is 0 Å². The summed E-state index contributed by atoms with van der Waals surface area (Å²) in [5.74, 6) is 0. The molecular weight excluding hydrogens is 145 g/mol. The topological polar surface area (TPSA) is 14.1 Å². The van der Waals surface area contributed by atoms with Crippen molar-refractivity contribution in [3.63, 3.8) is 0 Å². The molecule has 47 valence electrons. The Bertz CT molecular complexity index is 74.5. The summed E-state index contributed by atoms with van der Waals surface area (Å²) in [6.45, 7) is 1.65. The largest absolute Gasteiger partial charge is 0.242 e. The molecule has 0 amide bonds. The number of halogens is 2. The first kappa shape index (κ1) is 6.66. The highest BCUT2D eigenvalue weighted by molar-refractivity contribution is 6.48. The Hall–Kier alpha value is 0.540. The van der Waals surface area contributed by atoms with Crippen LogP contribution in [-0.4, -0.2) is 17.4 Å². The third kappa shape index (κ3) is 1.81. The van der Waals surface area contributed by atoms with E-state index in [2.05, 4.69) is 5.32 Å². The van der Waals surface area contributed by atoms with Gasteiger partial charge in [0, 0.05) is 13.1 Å². The van der Waals surface area contributed by atoms with E-state index in [1.807, 2.05) is 0 Å². The zero-order valence-corrected chi connectivity index (χ0v) is 6.04. The molecule has 3 heteroatoms. The van der Waals surface area contributed by atoms with Gasteiger partial charge in [0.1, 0.15) is 4.33 Å². The van der Waals surface area contributed by atoms with Gasteiger partial charge in [-0.1, -0.05) is 0 Å². The average Bonchev–Trinajstić information content (AvgIpc) is 1.65. The Morgan fingerprint density at radius 1 is 1.12 bits per heavy atom. The van der Waals surface area contributed by atoms with Gasteiger partial charge in [-0.2, -0.15) is 0 Å². The molecule has 1 aliphatic heterocycles. The highest BCUT2D eigenvalue weighted by Gasteiger charge is 2.26. The Kier molecular flexibility index (Phi) is 2.02. The van der Waals surface area contributed by atoms with Crippen molar-refractivity contribution in [2.24, 2.45) is 0 Å². The van der Waals surface area contributed by atoms with Gasteiger partial charge in [0.15, 0.2) is 0 Å². The SMILES string of the molecule is ClC1(Cl)CC[N]CC1. The number of alkyl halides is 2. The Morgan fingerprint density at radius 2 is 1.62 bits per heavy atom. The van der Waals surface area contributed by atoms with Gasteiger partial charge in [-0.15, -0.1) is 23.2 Å². The minimum atomic E-state index is -0.470. The van der Waals surface area contributed by atoms with E-state index in [-0.39, 0.29) is 0 Å². The number of piperidine rings is 1. The van der Waals surface area contributed by atoms with E-state index in [0.717, 1.165) is 25.9 Å². The summed E-state index contributed by atoms with van der Waals surface area (Å²) in [6.07, 6.45) is 1.63. The molecule has 0 aromatic heterocycles. The average molecular weight is 153 g/mol. The van der Waals surface area contributed by atoms with Gasteiger partial charge >= 0.3 is 0 Å². The van der Waals surface area contributed by atoms with Crippen molar-refractivity contribution < 1.29 is 0 Å². The summed E-state index contributed by atoms with van der Waals surface area (Å²) in [6, 6.07) is 0. The number of rotatable bonds is 0. The number of hydrogen-bond donors (Lipinski definition) is 0. The second kappa shape index (κ2) is 2.42. The van der Waals surface area contributed by atoms with Gasteiger partial charge in [0.25, 0.3) is 0 Å². The Labute approximate surface area is 59.3 Å². The first-order valence-corrected chi connectivity index (χ1v) is 3.47. The van der Waals surface area contributed by atoms with E-state index < -0.39 is 4.33 Å². The third-order valence-electron chi connectivity index (χ3n) is 1.27. The summed E-state index contributed by atoms with van der Waals surface area (Å²) in [4.78, 5) is 0. The zero-order valence-electron chi connectivity index (χ0n) is 4.53. The zero-order chi connectivity index (χ0) is 6.04. The van der Waals surface area contributed by atoms with Crippen molar-refractivity contribution in [2.75, 3.05) is 13.1 Å². The molecule has 1 radical (unpaired) electrons. The first-order chi connectivity index (χ1) is 3.71. The lowest BCUT2D eigenvalue weighted by Gasteiger charge is -2.23. The van der Waals surface area contributed by atoms with Crippen LogP contribution in [0.4, 0.5) is 0 Å². The van der Waals surface area contributed by atoms with E-state index in [0.29, 0.717) is 0 Å². The fourth-order valence-corrected chi connectivity index (χ4v) is 1.06. The molecule has 8 heavy (non-hydrogen) atoms. The first-order valence-electron chi connectivity index (χ1n) is 2.72. The molecule has 0 spiro atoms. The molecule has 1 heterocycles. The summed E-state index contributed by atoms with van der Waals surface area (Å²) in [5, 5.41) is 4.10. The quantitative estimate of drug-likeness (QED) is 0.469. The summed E-state index contributed by atoms with van der Waals surface area (Å²) < 4.78 is -0.470. The van der Waals surface area contributed by atoms with Gasteiger partial charge < -0.3 is 0 Å². The van der Waals surface area contributed by atoms with E-state index in [1.165, 1.54) is 0 Å². The molecule has 1 nitrogen and oxygen atoms in total. The molecular formula is C5H8Cl2N. The monoisotopic (exact) mass is 152 g/mol. The van der Waals surface area contributed by atoms with Crippen LogP contribution >= 0.6 is 23.2 Å². The van der Waals surface area contributed by atoms with Crippen LogP contribution in [0.1, 0.15) is 12.8 Å². The van der Waals surface area contributed by atoms with Crippen molar-refractivity contribution >= 4 is 23.2 Å². The minimum Gasteiger partial charge on any atom is -0.242 e. The summed E-state index contributed by atoms with van der Waals surface area (Å²) >= 11 is 11.6. The van der Waals surface area contributed by atoms with E-state index in [9.17, 15) is 0 Å². The predicted octanol–water partition coefficient (Wildman–Crippen LogP) is 1.56. The van der Waals surface area contributed by atoms with Gasteiger partial charge in [0.2, 0.25) is 0 Å². The maximum atomic E-state index is 5.78. The van der Waals surface area contributed by atoms with E-state index in [1.54, 1.807) is 0 Å². The van der Waals surface area contributed by atoms with Crippen molar-refractivity contribution in [3.05, 3.63) is 0 Å². The number of hydrogen-bond acceptors (Lipinski definition) is 0. The van der Waals surface area contributed by atoms with Gasteiger partial charge in [-0.05, 0) is 12.8 Å². The molecule has 0 saturated carbocycles. The smallest absolute Gasteiger partial charge is 0.120 e. The third-order valence-corrected chi connectivity index (χ3v) is 2.03. The van der Waals surface area contributed by atoms with Crippen molar-refractivity contribution in [2.45, 2.75) is 17.2 Å². The molecule has 1 aliphatic rings. The Morgan fingerprint density at radius 3 is 1.88 bits per heavy atom. The lowest BCUT2D eigenvalue weighted by atomic mass is 10.1. The molecule has 0 atom stereocenters. The maximum Gasteiger partial charge on any atom is 0.120 e. The fraction of sp³-hybridized carbons (Fsp3) is 1.00. The molecule has 0 N–H and O–H groups in total. The van der Waals surface area contributed by atoms with Crippen LogP contribution in [0.2, 0.25) is 0 Å². The molecule has 1 fully saturated rings. The lowest BCUT2D eigenvalue weighted by Crippen LogP contribution is -2.29. The van der Waals surface area contributed by atoms with Crippen LogP contribution in [0, 0.1) is 0 Å². The fourth-order valence-electron chi connectivity index (χ4n) is 0.722.